The monoisotopic (exact) mass is 465 g/mol. The first-order chi connectivity index (χ1) is 11.1. The number of carbonyl (C=O) groups is 1. The van der Waals surface area contributed by atoms with E-state index >= 15 is 0 Å². The fourth-order valence-electron chi connectivity index (χ4n) is 2.22. The van der Waals surface area contributed by atoms with Gasteiger partial charge in [-0.2, -0.15) is 0 Å². The number of aliphatic imine (C=N–C) groups is 1. The second kappa shape index (κ2) is 10.9. The van der Waals surface area contributed by atoms with Gasteiger partial charge in [0.05, 0.1) is 17.2 Å². The summed E-state index contributed by atoms with van der Waals surface area (Å²) in [6.45, 7) is 6.28. The van der Waals surface area contributed by atoms with Crippen LogP contribution in [0.5, 0.6) is 0 Å². The van der Waals surface area contributed by atoms with Gasteiger partial charge in [-0.3, -0.25) is 9.79 Å². The maximum atomic E-state index is 11.6. The van der Waals surface area contributed by atoms with E-state index in [4.69, 9.17) is 0 Å². The molecule has 0 bridgehead atoms. The Labute approximate surface area is 165 Å². The minimum absolute atomic E-state index is 0. The smallest absolute Gasteiger partial charge is 0.220 e. The molecule has 1 fully saturated rings. The van der Waals surface area contributed by atoms with Crippen LogP contribution >= 0.6 is 35.3 Å². The lowest BCUT2D eigenvalue weighted by Gasteiger charge is -2.21. The van der Waals surface area contributed by atoms with Crippen LogP contribution in [0.1, 0.15) is 43.3 Å². The number of nitrogens with zero attached hydrogens (tertiary/aromatic N) is 3. The Morgan fingerprint density at radius 1 is 1.50 bits per heavy atom. The van der Waals surface area contributed by atoms with Crippen LogP contribution in [-0.4, -0.2) is 47.9 Å². The minimum Gasteiger partial charge on any atom is -0.357 e. The largest absolute Gasteiger partial charge is 0.357 e. The van der Waals surface area contributed by atoms with Crippen LogP contribution in [0.3, 0.4) is 0 Å². The Balaban J connectivity index is 0.00000288. The highest BCUT2D eigenvalue weighted by Gasteiger charge is 2.22. The summed E-state index contributed by atoms with van der Waals surface area (Å²) in [5, 5.41) is 9.46. The molecule has 2 rings (SSSR count). The van der Waals surface area contributed by atoms with Gasteiger partial charge in [-0.15, -0.1) is 35.3 Å². The van der Waals surface area contributed by atoms with Crippen molar-refractivity contribution >= 4 is 47.2 Å². The molecule has 1 aromatic heterocycles. The molecular formula is C16H28IN5OS. The lowest BCUT2D eigenvalue weighted by Crippen LogP contribution is -2.38. The maximum Gasteiger partial charge on any atom is 0.220 e. The molecule has 0 saturated heterocycles. The molecule has 1 heterocycles. The van der Waals surface area contributed by atoms with Crippen LogP contribution in [0, 0.1) is 6.92 Å². The van der Waals surface area contributed by atoms with E-state index in [1.54, 1.807) is 11.3 Å². The van der Waals surface area contributed by atoms with Crippen LogP contribution in [0.2, 0.25) is 0 Å². The highest BCUT2D eigenvalue weighted by molar-refractivity contribution is 14.0. The summed E-state index contributed by atoms with van der Waals surface area (Å²) in [5.74, 6) is 1.01. The minimum atomic E-state index is 0. The summed E-state index contributed by atoms with van der Waals surface area (Å²) < 4.78 is 0. The molecular weight excluding hydrogens is 437 g/mol. The average molecular weight is 465 g/mol. The summed E-state index contributed by atoms with van der Waals surface area (Å²) in [6, 6.07) is 0.441. The van der Waals surface area contributed by atoms with Crippen molar-refractivity contribution in [3.8, 4) is 0 Å². The molecule has 1 saturated carbocycles. The maximum absolute atomic E-state index is 11.6. The van der Waals surface area contributed by atoms with E-state index in [0.29, 0.717) is 19.0 Å². The Morgan fingerprint density at radius 2 is 2.25 bits per heavy atom. The van der Waals surface area contributed by atoms with Crippen LogP contribution in [0.4, 0.5) is 0 Å². The third-order valence-electron chi connectivity index (χ3n) is 3.53. The second-order valence-corrected chi connectivity index (χ2v) is 6.96. The van der Waals surface area contributed by atoms with E-state index in [1.165, 1.54) is 0 Å². The third-order valence-corrected chi connectivity index (χ3v) is 4.35. The SMILES string of the molecule is CCNC(=NCCCC(=O)NC1CC1)N(C)Cc1csc(C)n1.I. The predicted octanol–water partition coefficient (Wildman–Crippen LogP) is 2.53. The highest BCUT2D eigenvalue weighted by Crippen LogP contribution is 2.18. The number of guanidine groups is 1. The molecule has 1 aromatic rings. The molecule has 0 unspecified atom stereocenters. The van der Waals surface area contributed by atoms with E-state index in [9.17, 15) is 4.79 Å². The molecule has 0 aromatic carbocycles. The van der Waals surface area contributed by atoms with Gasteiger partial charge in [0.1, 0.15) is 0 Å². The number of rotatable bonds is 8. The van der Waals surface area contributed by atoms with Crippen molar-refractivity contribution in [1.29, 1.82) is 0 Å². The van der Waals surface area contributed by atoms with Gasteiger partial charge >= 0.3 is 0 Å². The first kappa shape index (κ1) is 21.1. The Bertz CT molecular complexity index is 544. The molecule has 1 amide bonds. The number of nitrogens with one attached hydrogen (secondary N) is 2. The number of amides is 1. The van der Waals surface area contributed by atoms with Crippen molar-refractivity contribution in [2.24, 2.45) is 4.99 Å². The molecule has 136 valence electrons. The van der Waals surface area contributed by atoms with Gasteiger partial charge in [-0.1, -0.05) is 0 Å². The van der Waals surface area contributed by atoms with Gasteiger partial charge in [0.25, 0.3) is 0 Å². The molecule has 0 aliphatic heterocycles. The second-order valence-electron chi connectivity index (χ2n) is 5.89. The average Bonchev–Trinajstić information content (AvgIpc) is 3.23. The summed E-state index contributed by atoms with van der Waals surface area (Å²) in [4.78, 5) is 22.8. The molecule has 0 radical (unpaired) electrons. The molecule has 24 heavy (non-hydrogen) atoms. The van der Waals surface area contributed by atoms with Crippen LogP contribution in [-0.2, 0) is 11.3 Å². The summed E-state index contributed by atoms with van der Waals surface area (Å²) in [6.07, 6.45) is 3.59. The summed E-state index contributed by atoms with van der Waals surface area (Å²) in [5.41, 5.74) is 1.06. The number of aromatic nitrogens is 1. The Hall–Kier alpha value is -0.900. The van der Waals surface area contributed by atoms with E-state index in [0.717, 1.165) is 49.0 Å². The first-order valence-electron chi connectivity index (χ1n) is 8.28. The fraction of sp³-hybridized carbons (Fsp3) is 0.688. The Kier molecular flexibility index (Phi) is 9.57. The quantitative estimate of drug-likeness (QED) is 0.268. The van der Waals surface area contributed by atoms with E-state index in [-0.39, 0.29) is 29.9 Å². The number of hydrogen-bond donors (Lipinski definition) is 2. The van der Waals surface area contributed by atoms with Crippen molar-refractivity contribution in [1.82, 2.24) is 20.5 Å². The molecule has 0 spiro atoms. The van der Waals surface area contributed by atoms with Crippen LogP contribution in [0.15, 0.2) is 10.4 Å². The lowest BCUT2D eigenvalue weighted by atomic mass is 10.3. The van der Waals surface area contributed by atoms with Crippen molar-refractivity contribution in [2.75, 3.05) is 20.1 Å². The van der Waals surface area contributed by atoms with Gasteiger partial charge in [0.15, 0.2) is 5.96 Å². The van der Waals surface area contributed by atoms with Crippen molar-refractivity contribution in [2.45, 2.75) is 52.1 Å². The molecule has 1 aliphatic carbocycles. The normalized spacial score (nSPS) is 14.0. The zero-order valence-electron chi connectivity index (χ0n) is 14.7. The molecule has 6 nitrogen and oxygen atoms in total. The number of halogens is 1. The van der Waals surface area contributed by atoms with Gasteiger partial charge in [0, 0.05) is 38.0 Å². The summed E-state index contributed by atoms with van der Waals surface area (Å²) in [7, 11) is 2.01. The van der Waals surface area contributed by atoms with Gasteiger partial charge in [-0.25, -0.2) is 4.98 Å². The third kappa shape index (κ3) is 7.78. The Morgan fingerprint density at radius 3 is 2.83 bits per heavy atom. The highest BCUT2D eigenvalue weighted by atomic mass is 127. The number of aryl methyl sites for hydroxylation is 1. The zero-order chi connectivity index (χ0) is 16.7. The van der Waals surface area contributed by atoms with Crippen LogP contribution < -0.4 is 10.6 Å². The van der Waals surface area contributed by atoms with Gasteiger partial charge in [-0.05, 0) is 33.1 Å². The molecule has 2 N–H and O–H groups in total. The predicted molar refractivity (Wildman–Crippen MR) is 110 cm³/mol. The van der Waals surface area contributed by atoms with E-state index < -0.39 is 0 Å². The molecule has 1 aliphatic rings. The van der Waals surface area contributed by atoms with Crippen LogP contribution in [0.25, 0.3) is 0 Å². The van der Waals surface area contributed by atoms with E-state index in [1.807, 2.05) is 14.0 Å². The van der Waals surface area contributed by atoms with Crippen molar-refractivity contribution < 1.29 is 4.79 Å². The fourth-order valence-corrected chi connectivity index (χ4v) is 2.82. The van der Waals surface area contributed by atoms with Gasteiger partial charge < -0.3 is 15.5 Å². The molecule has 8 heteroatoms. The first-order valence-corrected chi connectivity index (χ1v) is 9.16. The zero-order valence-corrected chi connectivity index (χ0v) is 17.8. The standard InChI is InChI=1S/C16H27N5OS.HI/c1-4-17-16(21(3)10-14-11-23-12(2)19-14)18-9-5-6-15(22)20-13-7-8-13;/h11,13H,4-10H2,1-3H3,(H,17,18)(H,20,22);1H. The topological polar surface area (TPSA) is 69.6 Å². The molecule has 0 atom stereocenters. The number of carbonyl (C=O) groups excluding carboxylic acids is 1. The lowest BCUT2D eigenvalue weighted by molar-refractivity contribution is -0.121. The van der Waals surface area contributed by atoms with Crippen molar-refractivity contribution in [3.63, 3.8) is 0 Å². The number of hydrogen-bond acceptors (Lipinski definition) is 4. The van der Waals surface area contributed by atoms with Gasteiger partial charge in [0.2, 0.25) is 5.91 Å². The summed E-state index contributed by atoms with van der Waals surface area (Å²) >= 11 is 1.66. The number of thiazole rings is 1. The van der Waals surface area contributed by atoms with Crippen molar-refractivity contribution in [3.05, 3.63) is 16.1 Å². The van der Waals surface area contributed by atoms with E-state index in [2.05, 4.69) is 37.8 Å².